The molecule has 0 atom stereocenters. The van der Waals surface area contributed by atoms with Crippen molar-refractivity contribution >= 4 is 63.6 Å². The van der Waals surface area contributed by atoms with Crippen LogP contribution in [0, 0.1) is 55.4 Å². The maximum atomic E-state index is 13.1. The number of H-pyrrole nitrogens is 1. The molecular formula is C55H48Cl4F6N20O3. The maximum Gasteiger partial charge on any atom is 0.416 e. The van der Waals surface area contributed by atoms with E-state index in [2.05, 4.69) is 81.1 Å². The second-order valence-corrected chi connectivity index (χ2v) is 19.9. The average molecular weight is 1290 g/mol. The molecule has 33 heteroatoms. The fraction of sp³-hybridized carbons (Fsp3) is 0.182. The van der Waals surface area contributed by atoms with E-state index in [1.165, 1.54) is 59.3 Å². The van der Waals surface area contributed by atoms with Gasteiger partial charge in [-0.15, -0.1) is 10.2 Å². The number of ether oxygens (including phenoxy) is 2. The van der Waals surface area contributed by atoms with Gasteiger partial charge in [-0.2, -0.15) is 86.8 Å². The van der Waals surface area contributed by atoms with Gasteiger partial charge in [-0.25, -0.2) is 19.1 Å². The van der Waals surface area contributed by atoms with E-state index in [9.17, 15) is 31.1 Å². The van der Waals surface area contributed by atoms with Gasteiger partial charge in [0.15, 0.2) is 0 Å². The molecule has 0 aliphatic carbocycles. The van der Waals surface area contributed by atoms with Crippen molar-refractivity contribution in [2.75, 3.05) is 11.1 Å². The number of nitrogens with one attached hydrogen (secondary N) is 2. The van der Waals surface area contributed by atoms with Crippen molar-refractivity contribution in [3.8, 4) is 41.4 Å². The summed E-state index contributed by atoms with van der Waals surface area (Å²) < 4.78 is 91.0. The zero-order valence-electron chi connectivity index (χ0n) is 47.2. The van der Waals surface area contributed by atoms with Crippen molar-refractivity contribution < 1.29 is 35.8 Å². The van der Waals surface area contributed by atoms with Crippen LogP contribution in [0.2, 0.25) is 20.6 Å². The number of aromatic nitrogens is 18. The second-order valence-electron chi connectivity index (χ2n) is 18.4. The maximum absolute atomic E-state index is 13.1. The molecule has 23 nitrogen and oxygen atoms in total. The third-order valence-corrected chi connectivity index (χ3v) is 11.7. The Hall–Kier alpha value is -9.71. The molecule has 0 fully saturated rings. The van der Waals surface area contributed by atoms with Crippen LogP contribution in [-0.2, 0) is 12.4 Å². The van der Waals surface area contributed by atoms with Gasteiger partial charge in [0.05, 0.1) is 39.6 Å². The van der Waals surface area contributed by atoms with Gasteiger partial charge < -0.3 is 20.5 Å². The summed E-state index contributed by atoms with van der Waals surface area (Å²) in [4.78, 5) is 35.6. The first kappa shape index (κ1) is 65.8. The highest BCUT2D eigenvalue weighted by Crippen LogP contribution is 2.33. The van der Waals surface area contributed by atoms with Crippen LogP contribution in [0.25, 0.3) is 17.8 Å². The predicted octanol–water partition coefficient (Wildman–Crippen LogP) is 13.1. The molecule has 0 aliphatic heterocycles. The number of hydrogen-bond acceptors (Lipinski definition) is 19. The van der Waals surface area contributed by atoms with Crippen LogP contribution < -0.4 is 26.1 Å². The van der Waals surface area contributed by atoms with Crippen LogP contribution in [0.3, 0.4) is 0 Å². The molecule has 0 amide bonds. The minimum atomic E-state index is -4.46. The molecule has 11 aromatic rings. The Kier molecular flexibility index (Phi) is 21.8. The van der Waals surface area contributed by atoms with Gasteiger partial charge in [0.1, 0.15) is 26.4 Å². The average Bonchev–Trinajstić information content (AvgIpc) is 4.37. The number of anilines is 3. The van der Waals surface area contributed by atoms with Gasteiger partial charge in [0.2, 0.25) is 23.5 Å². The largest absolute Gasteiger partial charge is 0.419 e. The van der Waals surface area contributed by atoms with Crippen LogP contribution in [0.4, 0.5) is 43.5 Å². The van der Waals surface area contributed by atoms with E-state index in [0.29, 0.717) is 33.2 Å². The summed E-state index contributed by atoms with van der Waals surface area (Å²) in [5, 5.41) is 38.3. The Labute approximate surface area is 516 Å². The predicted molar refractivity (Wildman–Crippen MR) is 315 cm³/mol. The Bertz CT molecular complexity index is 4180. The first-order valence-electron chi connectivity index (χ1n) is 25.3. The molecule has 456 valence electrons. The lowest BCUT2D eigenvalue weighted by atomic mass is 10.2. The number of nitrogen functional groups attached to an aromatic ring is 1. The Morgan fingerprint density at radius 3 is 1.30 bits per heavy atom. The van der Waals surface area contributed by atoms with Crippen molar-refractivity contribution in [3.63, 3.8) is 0 Å². The third-order valence-electron chi connectivity index (χ3n) is 10.9. The minimum absolute atomic E-state index is 0.121. The summed E-state index contributed by atoms with van der Waals surface area (Å²) in [5.41, 5.74) is 10.4. The van der Waals surface area contributed by atoms with Crippen LogP contribution in [-0.4, -0.2) is 89.8 Å². The smallest absolute Gasteiger partial charge is 0.416 e. The summed E-state index contributed by atoms with van der Waals surface area (Å²) in [6.45, 7) is 14.9. The molecule has 0 unspecified atom stereocenters. The molecule has 88 heavy (non-hydrogen) atoms. The van der Waals surface area contributed by atoms with Crippen LogP contribution in [0.1, 0.15) is 56.7 Å². The molecule has 0 radical (unpaired) electrons. The van der Waals surface area contributed by atoms with E-state index in [1.54, 1.807) is 40.6 Å². The number of nitrogens with two attached hydrogens (primary N) is 1. The number of aromatic amines is 1. The number of aryl methyl sites for hydroxylation is 8. The number of hydrogen-bond donors (Lipinski definition) is 3. The highest BCUT2D eigenvalue weighted by molar-refractivity contribution is 6.33. The Balaban J connectivity index is 0.000000170. The van der Waals surface area contributed by atoms with Crippen LogP contribution in [0.15, 0.2) is 126 Å². The van der Waals surface area contributed by atoms with Gasteiger partial charge in [-0.05, 0) is 128 Å². The summed E-state index contributed by atoms with van der Waals surface area (Å²) in [7, 11) is 0. The molecule has 0 saturated heterocycles. The van der Waals surface area contributed by atoms with Gasteiger partial charge in [-0.3, -0.25) is 4.79 Å². The highest BCUT2D eigenvalue weighted by atomic mass is 35.5. The van der Waals surface area contributed by atoms with Gasteiger partial charge in [0.25, 0.3) is 23.4 Å². The van der Waals surface area contributed by atoms with Crippen LogP contribution >= 0.6 is 46.4 Å². The Morgan fingerprint density at radius 1 is 0.455 bits per heavy atom. The van der Waals surface area contributed by atoms with Crippen LogP contribution in [0.5, 0.6) is 23.5 Å². The lowest BCUT2D eigenvalue weighted by Crippen LogP contribution is -2.09. The fourth-order valence-corrected chi connectivity index (χ4v) is 7.87. The molecule has 11 rings (SSSR count). The molecule has 0 aliphatic rings. The quantitative estimate of drug-likeness (QED) is 0.0687. The summed E-state index contributed by atoms with van der Waals surface area (Å²) in [5.74, 6) is 2.07. The molecule has 4 N–H and O–H groups in total. The highest BCUT2D eigenvalue weighted by Gasteiger charge is 2.31. The summed E-state index contributed by atoms with van der Waals surface area (Å²) in [6, 6.07) is 29.2. The van der Waals surface area contributed by atoms with Gasteiger partial charge in [0, 0.05) is 64.9 Å². The normalized spacial score (nSPS) is 10.9. The van der Waals surface area contributed by atoms with E-state index in [-0.39, 0.29) is 51.5 Å². The van der Waals surface area contributed by atoms with Crippen molar-refractivity contribution in [1.29, 1.82) is 0 Å². The summed E-state index contributed by atoms with van der Waals surface area (Å²) >= 11 is 22.9. The molecule has 2 aromatic carbocycles. The van der Waals surface area contributed by atoms with Crippen molar-refractivity contribution in [2.24, 2.45) is 0 Å². The van der Waals surface area contributed by atoms with E-state index < -0.39 is 23.5 Å². The third kappa shape index (κ3) is 19.7. The number of halogens is 10. The lowest BCUT2D eigenvalue weighted by Gasteiger charge is -2.12. The van der Waals surface area contributed by atoms with Crippen molar-refractivity contribution in [1.82, 2.24) is 89.8 Å². The number of alkyl halides is 6. The van der Waals surface area contributed by atoms with E-state index in [1.807, 2.05) is 66.7 Å². The monoisotopic (exact) mass is 1290 g/mol. The van der Waals surface area contributed by atoms with E-state index in [4.69, 9.17) is 61.6 Å². The molecule has 0 spiro atoms. The SMILES string of the molecule is Cc1cc(C)n(-c2nc(Cl)cc(Cl)n2)n1.Cc1ccc(Oc2cc(Cl)nc(-n3nc(C)cc3C)n2)nn1.Cc1ccc(Oc2cc(Nc3cccc(C(F)(F)F)c3)nc(-n3nc(C)cc3C)n2)nn1.Nc1cccc(C(F)(F)F)c1.O=c1ccc(Cl)n[nH]1. The first-order chi connectivity index (χ1) is 41.5. The second kappa shape index (κ2) is 29.1. The van der Waals surface area contributed by atoms with E-state index in [0.717, 1.165) is 69.8 Å². The molecule has 9 heterocycles. The first-order valence-corrected chi connectivity index (χ1v) is 26.8. The fourth-order valence-electron chi connectivity index (χ4n) is 7.18. The zero-order valence-corrected chi connectivity index (χ0v) is 50.3. The van der Waals surface area contributed by atoms with Crippen molar-refractivity contribution in [3.05, 3.63) is 209 Å². The number of nitrogens with zero attached hydrogens (tertiary/aromatic N) is 17. The topological polar surface area (TPSA) is 285 Å². The molecular weight excluding hydrogens is 1240 g/mol. The number of rotatable bonds is 9. The summed E-state index contributed by atoms with van der Waals surface area (Å²) in [6.07, 6.45) is -8.76. The molecule has 0 bridgehead atoms. The van der Waals surface area contributed by atoms with Gasteiger partial charge in [-0.1, -0.05) is 58.5 Å². The zero-order chi connectivity index (χ0) is 64.0. The molecule has 9 aromatic heterocycles. The molecule has 0 saturated carbocycles. The standard InChI is InChI=1S/C21H18F3N7O.C14H13ClN6O.C9H8Cl2N4.C7H6F3N.C4H3ClN2O/c1-12-7-8-18(29-28-12)32-19-11-17(25-16-6-4-5-15(10-16)21(22,23)24)26-20(27-19)31-14(3)9-13(2)30-31;1-8-4-5-12(19-18-8)22-13-7-11(15)16-14(17-13)21-10(3)6-9(2)20-21;1-5-3-6(2)15(14-5)9-12-7(10)4-8(11)13-9;8-7(9,10)5-2-1-3-6(11)4-5;5-3-1-2-4(8)7-6-3/h4-11H,1-3H3,(H,25,26,27);4-7H,1-3H3;3-4H,1-2H3;1-4H,11H2;1-2H,(H,7,8). The number of benzene rings is 2. The van der Waals surface area contributed by atoms with Crippen molar-refractivity contribution in [2.45, 2.75) is 67.7 Å². The Morgan fingerprint density at radius 2 is 0.898 bits per heavy atom. The minimum Gasteiger partial charge on any atom is -0.419 e. The van der Waals surface area contributed by atoms with E-state index >= 15 is 0 Å². The van der Waals surface area contributed by atoms with Gasteiger partial charge >= 0.3 is 12.4 Å². The lowest BCUT2D eigenvalue weighted by molar-refractivity contribution is -0.138.